The van der Waals surface area contributed by atoms with E-state index in [-0.39, 0.29) is 11.2 Å². The van der Waals surface area contributed by atoms with E-state index in [2.05, 4.69) is 13.8 Å². The Morgan fingerprint density at radius 2 is 1.57 bits per heavy atom. The van der Waals surface area contributed by atoms with Crippen LogP contribution in [-0.2, 0) is 0 Å². The van der Waals surface area contributed by atoms with E-state index in [9.17, 15) is 10.2 Å². The first-order valence-electron chi connectivity index (χ1n) is 12.8. The molecule has 5 rings (SSSR count). The zero-order chi connectivity index (χ0) is 19.6. The van der Waals surface area contributed by atoms with Crippen LogP contribution in [0.3, 0.4) is 0 Å². The predicted molar refractivity (Wildman–Crippen MR) is 114 cm³/mol. The summed E-state index contributed by atoms with van der Waals surface area (Å²) in [4.78, 5) is 0. The van der Waals surface area contributed by atoms with Gasteiger partial charge in [-0.2, -0.15) is 0 Å². The second-order valence-corrected chi connectivity index (χ2v) is 12.2. The first-order chi connectivity index (χ1) is 13.4. The molecule has 0 saturated heterocycles. The number of hydrogen-bond donors (Lipinski definition) is 2. The maximum absolute atomic E-state index is 10.9. The van der Waals surface area contributed by atoms with Gasteiger partial charge in [0.25, 0.3) is 0 Å². The fourth-order valence-electron chi connectivity index (χ4n) is 8.94. The van der Waals surface area contributed by atoms with Crippen molar-refractivity contribution in [3.05, 3.63) is 0 Å². The molecule has 5 aliphatic carbocycles. The minimum atomic E-state index is -0.346. The Labute approximate surface area is 172 Å². The van der Waals surface area contributed by atoms with Crippen molar-refractivity contribution < 1.29 is 10.2 Å². The molecule has 0 radical (unpaired) electrons. The van der Waals surface area contributed by atoms with Gasteiger partial charge in [0, 0.05) is 0 Å². The van der Waals surface area contributed by atoms with Crippen LogP contribution in [0.15, 0.2) is 0 Å². The summed E-state index contributed by atoms with van der Waals surface area (Å²) in [7, 11) is 0. The molecule has 0 unspecified atom stereocenters. The van der Waals surface area contributed by atoms with Crippen molar-refractivity contribution in [1.82, 2.24) is 0 Å². The molecule has 0 bridgehead atoms. The molecule has 8 atom stereocenters. The van der Waals surface area contributed by atoms with Gasteiger partial charge in [0.05, 0.1) is 11.2 Å². The summed E-state index contributed by atoms with van der Waals surface area (Å²) in [5, 5.41) is 21.1. The highest BCUT2D eigenvalue weighted by atomic mass is 16.3. The van der Waals surface area contributed by atoms with Crippen LogP contribution in [0.5, 0.6) is 0 Å². The van der Waals surface area contributed by atoms with E-state index >= 15 is 0 Å². The molecule has 0 amide bonds. The molecule has 0 aromatic heterocycles. The number of fused-ring (bicyclic) bond motifs is 5. The SMILES string of the molecule is CC[C@]1(O)CC[C@H]2[C@@H](CC[C@@H]3[C@@H]2CC[C@]2(C)[C@@H](CCCC4(O)CC4)CC[C@@H]32)C1. The average Bonchev–Trinajstić information content (AvgIpc) is 3.32. The Morgan fingerprint density at radius 1 is 0.786 bits per heavy atom. The van der Waals surface area contributed by atoms with Gasteiger partial charge in [-0.05, 0) is 131 Å². The maximum Gasteiger partial charge on any atom is 0.0650 e. The maximum atomic E-state index is 10.9. The zero-order valence-electron chi connectivity index (χ0n) is 18.5. The third kappa shape index (κ3) is 3.29. The lowest BCUT2D eigenvalue weighted by atomic mass is 9.48. The molecule has 5 aliphatic rings. The van der Waals surface area contributed by atoms with E-state index < -0.39 is 0 Å². The van der Waals surface area contributed by atoms with Crippen molar-refractivity contribution in [2.45, 2.75) is 121 Å². The second-order valence-electron chi connectivity index (χ2n) is 12.2. The van der Waals surface area contributed by atoms with E-state index in [1.165, 1.54) is 57.8 Å². The van der Waals surface area contributed by atoms with E-state index in [0.717, 1.165) is 74.0 Å². The highest BCUT2D eigenvalue weighted by Gasteiger charge is 2.57. The fourth-order valence-corrected chi connectivity index (χ4v) is 8.94. The Morgan fingerprint density at radius 3 is 2.32 bits per heavy atom. The van der Waals surface area contributed by atoms with Crippen LogP contribution in [0.2, 0.25) is 0 Å². The Kier molecular flexibility index (Phi) is 4.95. The van der Waals surface area contributed by atoms with Crippen molar-refractivity contribution in [2.75, 3.05) is 0 Å². The molecule has 0 aromatic rings. The van der Waals surface area contributed by atoms with Crippen LogP contribution in [-0.4, -0.2) is 21.4 Å². The van der Waals surface area contributed by atoms with E-state index in [4.69, 9.17) is 0 Å². The largest absolute Gasteiger partial charge is 0.390 e. The Bertz CT molecular complexity index is 583. The first-order valence-corrected chi connectivity index (χ1v) is 12.8. The number of aliphatic hydroxyl groups is 2. The normalized spacial score (nSPS) is 51.9. The smallest absolute Gasteiger partial charge is 0.0650 e. The molecular formula is C26H44O2. The Hall–Kier alpha value is -0.0800. The molecule has 5 fully saturated rings. The van der Waals surface area contributed by atoms with Crippen LogP contribution in [0.25, 0.3) is 0 Å². The summed E-state index contributed by atoms with van der Waals surface area (Å²) in [6.07, 6.45) is 18.8. The van der Waals surface area contributed by atoms with Crippen LogP contribution in [0, 0.1) is 40.9 Å². The summed E-state index contributed by atoms with van der Waals surface area (Å²) in [5.74, 6) is 5.54. The van der Waals surface area contributed by atoms with E-state index in [1.54, 1.807) is 0 Å². The van der Waals surface area contributed by atoms with Gasteiger partial charge >= 0.3 is 0 Å². The topological polar surface area (TPSA) is 40.5 Å². The fraction of sp³-hybridized carbons (Fsp3) is 1.00. The highest BCUT2D eigenvalue weighted by Crippen LogP contribution is 2.65. The van der Waals surface area contributed by atoms with Gasteiger partial charge in [-0.3, -0.25) is 0 Å². The second kappa shape index (κ2) is 6.98. The molecule has 2 N–H and O–H groups in total. The van der Waals surface area contributed by atoms with Gasteiger partial charge in [0.15, 0.2) is 0 Å². The number of hydrogen-bond acceptors (Lipinski definition) is 2. The quantitative estimate of drug-likeness (QED) is 0.598. The molecule has 0 spiro atoms. The summed E-state index contributed by atoms with van der Waals surface area (Å²) >= 11 is 0. The lowest BCUT2D eigenvalue weighted by Crippen LogP contribution is -2.50. The first kappa shape index (κ1) is 19.9. The molecular weight excluding hydrogens is 344 g/mol. The molecule has 160 valence electrons. The molecule has 5 saturated carbocycles. The van der Waals surface area contributed by atoms with Crippen LogP contribution >= 0.6 is 0 Å². The van der Waals surface area contributed by atoms with E-state index in [1.807, 2.05) is 0 Å². The summed E-state index contributed by atoms with van der Waals surface area (Å²) < 4.78 is 0. The van der Waals surface area contributed by atoms with Crippen LogP contribution in [0.4, 0.5) is 0 Å². The molecule has 2 nitrogen and oxygen atoms in total. The zero-order valence-corrected chi connectivity index (χ0v) is 18.5. The van der Waals surface area contributed by atoms with Gasteiger partial charge in [-0.25, -0.2) is 0 Å². The molecule has 0 heterocycles. The van der Waals surface area contributed by atoms with Gasteiger partial charge in [-0.15, -0.1) is 0 Å². The van der Waals surface area contributed by atoms with Gasteiger partial charge in [-0.1, -0.05) is 20.3 Å². The monoisotopic (exact) mass is 388 g/mol. The predicted octanol–water partition coefficient (Wildman–Crippen LogP) is 6.09. The van der Waals surface area contributed by atoms with Gasteiger partial charge < -0.3 is 10.2 Å². The lowest BCUT2D eigenvalue weighted by Gasteiger charge is -2.57. The third-order valence-electron chi connectivity index (χ3n) is 11.0. The molecule has 0 aromatic carbocycles. The number of rotatable bonds is 5. The van der Waals surface area contributed by atoms with E-state index in [0.29, 0.717) is 5.41 Å². The highest BCUT2D eigenvalue weighted by molar-refractivity contribution is 5.07. The van der Waals surface area contributed by atoms with Crippen molar-refractivity contribution in [3.8, 4) is 0 Å². The molecule has 28 heavy (non-hydrogen) atoms. The molecule has 0 aliphatic heterocycles. The van der Waals surface area contributed by atoms with Crippen molar-refractivity contribution in [1.29, 1.82) is 0 Å². The standard InChI is InChI=1S/C26H44O2/c1-3-25(27)14-11-20-18(17-25)6-8-22-21(20)10-13-24(2)19(7-9-23(22)24)5-4-12-26(28)15-16-26/h18-23,27-28H,3-17H2,1-2H3/t18-,19-,20-,21+,22+,23-,24+,25-/m0/s1. The van der Waals surface area contributed by atoms with Crippen molar-refractivity contribution in [2.24, 2.45) is 40.9 Å². The lowest BCUT2D eigenvalue weighted by molar-refractivity contribution is -0.107. The summed E-state index contributed by atoms with van der Waals surface area (Å²) in [6.45, 7) is 4.83. The van der Waals surface area contributed by atoms with Crippen molar-refractivity contribution >= 4 is 0 Å². The average molecular weight is 389 g/mol. The van der Waals surface area contributed by atoms with Crippen LogP contribution in [0.1, 0.15) is 110 Å². The third-order valence-corrected chi connectivity index (χ3v) is 11.0. The Balaban J connectivity index is 1.24. The van der Waals surface area contributed by atoms with Crippen molar-refractivity contribution in [3.63, 3.8) is 0 Å². The summed E-state index contributed by atoms with van der Waals surface area (Å²) in [6, 6.07) is 0. The van der Waals surface area contributed by atoms with Crippen LogP contribution < -0.4 is 0 Å². The van der Waals surface area contributed by atoms with Gasteiger partial charge in [0.2, 0.25) is 0 Å². The van der Waals surface area contributed by atoms with Gasteiger partial charge in [0.1, 0.15) is 0 Å². The summed E-state index contributed by atoms with van der Waals surface area (Å²) in [5.41, 5.74) is -0.0172. The minimum absolute atomic E-state index is 0.254. The minimum Gasteiger partial charge on any atom is -0.390 e. The molecule has 2 heteroatoms.